The number of aliphatic hydroxyl groups is 2. The molecule has 2 bridgehead atoms. The fourth-order valence-corrected chi connectivity index (χ4v) is 7.59. The van der Waals surface area contributed by atoms with Crippen molar-refractivity contribution >= 4 is 23.5 Å². The van der Waals surface area contributed by atoms with E-state index >= 15 is 0 Å². The van der Waals surface area contributed by atoms with Gasteiger partial charge < -0.3 is 19.8 Å². The quantitative estimate of drug-likeness (QED) is 0.537. The Bertz CT molecular complexity index is 886. The van der Waals surface area contributed by atoms with Crippen LogP contribution in [0, 0.1) is 32.7 Å². The fourth-order valence-electron chi connectivity index (χ4n) is 5.91. The molecule has 2 aliphatic heterocycles. The van der Waals surface area contributed by atoms with Crippen LogP contribution in [0.2, 0.25) is 0 Å². The SMILES string of the molecule is CN1CC[C@@]23C4=C5C[C@@H]1[C@@H]2C=C[C@H](O)[C@@H]3OC4=C(O)C(SC#N)C5SC#N. The number of hydrogen-bond acceptors (Lipinski definition) is 8. The third-order valence-electron chi connectivity index (χ3n) is 6.95. The van der Waals surface area contributed by atoms with Gasteiger partial charge in [-0.3, -0.25) is 0 Å². The predicted molar refractivity (Wildman–Crippen MR) is 102 cm³/mol. The van der Waals surface area contributed by atoms with Gasteiger partial charge in [0.05, 0.1) is 10.5 Å². The van der Waals surface area contributed by atoms with Crippen molar-refractivity contribution in [1.82, 2.24) is 4.90 Å². The van der Waals surface area contributed by atoms with Gasteiger partial charge in [0, 0.05) is 22.9 Å². The Morgan fingerprint density at radius 1 is 1.26 bits per heavy atom. The summed E-state index contributed by atoms with van der Waals surface area (Å²) >= 11 is 2.09. The second-order valence-corrected chi connectivity index (χ2v) is 9.71. The van der Waals surface area contributed by atoms with Crippen LogP contribution in [0.15, 0.2) is 34.8 Å². The monoisotopic (exact) mass is 401 g/mol. The van der Waals surface area contributed by atoms with Gasteiger partial charge in [0.25, 0.3) is 0 Å². The van der Waals surface area contributed by atoms with Crippen molar-refractivity contribution in [1.29, 1.82) is 10.5 Å². The van der Waals surface area contributed by atoms with Gasteiger partial charge in [-0.25, -0.2) is 0 Å². The van der Waals surface area contributed by atoms with Crippen molar-refractivity contribution in [2.24, 2.45) is 11.3 Å². The van der Waals surface area contributed by atoms with E-state index in [-0.39, 0.29) is 28.4 Å². The number of piperidine rings is 1. The average molecular weight is 402 g/mol. The zero-order chi connectivity index (χ0) is 18.9. The van der Waals surface area contributed by atoms with Crippen LogP contribution in [-0.4, -0.2) is 57.5 Å². The van der Waals surface area contributed by atoms with E-state index in [1.165, 1.54) is 0 Å². The zero-order valence-electron chi connectivity index (χ0n) is 14.7. The first-order chi connectivity index (χ1) is 13.0. The molecule has 0 radical (unpaired) electrons. The molecule has 3 aliphatic carbocycles. The van der Waals surface area contributed by atoms with Gasteiger partial charge in [-0.2, -0.15) is 10.5 Å². The molecule has 0 aromatic heterocycles. The number of nitriles is 2. The van der Waals surface area contributed by atoms with Crippen LogP contribution in [-0.2, 0) is 4.74 Å². The lowest BCUT2D eigenvalue weighted by Crippen LogP contribution is -2.62. The van der Waals surface area contributed by atoms with Crippen LogP contribution in [0.1, 0.15) is 12.8 Å². The van der Waals surface area contributed by atoms with Crippen molar-refractivity contribution in [2.45, 2.75) is 41.6 Å². The van der Waals surface area contributed by atoms with E-state index in [1.807, 2.05) is 6.08 Å². The molecule has 2 saturated heterocycles. The minimum atomic E-state index is -0.729. The van der Waals surface area contributed by atoms with E-state index in [1.54, 1.807) is 0 Å². The molecule has 2 heterocycles. The fraction of sp³-hybridized carbons (Fsp3) is 0.579. The highest BCUT2D eigenvalue weighted by molar-refractivity contribution is 8.08. The molecule has 7 atom stereocenters. The van der Waals surface area contributed by atoms with E-state index < -0.39 is 17.5 Å². The first-order valence-corrected chi connectivity index (χ1v) is 10.8. The van der Waals surface area contributed by atoms with E-state index in [4.69, 9.17) is 4.74 Å². The van der Waals surface area contributed by atoms with Gasteiger partial charge in [-0.05, 0) is 55.5 Å². The van der Waals surface area contributed by atoms with Crippen molar-refractivity contribution in [3.05, 3.63) is 34.8 Å². The highest BCUT2D eigenvalue weighted by Gasteiger charge is 2.67. The van der Waals surface area contributed by atoms with Gasteiger partial charge in [0.15, 0.2) is 5.76 Å². The lowest BCUT2D eigenvalue weighted by molar-refractivity contribution is -0.0797. The maximum atomic E-state index is 11.0. The van der Waals surface area contributed by atoms with Crippen LogP contribution in [0.25, 0.3) is 0 Å². The van der Waals surface area contributed by atoms with Gasteiger partial charge >= 0.3 is 0 Å². The summed E-state index contributed by atoms with van der Waals surface area (Å²) in [6.45, 7) is 0.902. The summed E-state index contributed by atoms with van der Waals surface area (Å²) in [7, 11) is 2.12. The van der Waals surface area contributed by atoms with E-state index in [0.717, 1.165) is 54.1 Å². The maximum absolute atomic E-state index is 11.0. The van der Waals surface area contributed by atoms with Crippen LogP contribution in [0.3, 0.4) is 0 Å². The molecule has 8 heteroatoms. The Balaban J connectivity index is 1.77. The molecule has 0 saturated carbocycles. The second kappa shape index (κ2) is 5.96. The predicted octanol–water partition coefficient (Wildman–Crippen LogP) is 2.27. The highest BCUT2D eigenvalue weighted by atomic mass is 32.2. The summed E-state index contributed by atoms with van der Waals surface area (Å²) in [6.07, 6.45) is 4.41. The van der Waals surface area contributed by atoms with Gasteiger partial charge in [-0.1, -0.05) is 12.2 Å². The molecule has 0 aromatic carbocycles. The zero-order valence-corrected chi connectivity index (χ0v) is 16.3. The van der Waals surface area contributed by atoms with Crippen LogP contribution in [0.5, 0.6) is 0 Å². The number of likely N-dealkylation sites (tertiary alicyclic amines) is 1. The number of rotatable bonds is 2. The molecule has 2 N–H and O–H groups in total. The summed E-state index contributed by atoms with van der Waals surface area (Å²) in [5, 5.41) is 43.8. The summed E-state index contributed by atoms with van der Waals surface area (Å²) in [6, 6.07) is 0.265. The Hall–Kier alpha value is -1.58. The Labute approximate surface area is 166 Å². The van der Waals surface area contributed by atoms with E-state index in [0.29, 0.717) is 5.76 Å². The number of allylic oxidation sites excluding steroid dienone is 1. The lowest BCUT2D eigenvalue weighted by atomic mass is 9.52. The molecular formula is C19H19N3O3S2. The second-order valence-electron chi connectivity index (χ2n) is 7.86. The Morgan fingerprint density at radius 3 is 2.74 bits per heavy atom. The molecule has 2 fully saturated rings. The highest BCUT2D eigenvalue weighted by Crippen LogP contribution is 2.66. The number of hydrogen-bond donors (Lipinski definition) is 2. The summed E-state index contributed by atoms with van der Waals surface area (Å²) < 4.78 is 6.23. The van der Waals surface area contributed by atoms with E-state index in [9.17, 15) is 20.7 Å². The van der Waals surface area contributed by atoms with Crippen molar-refractivity contribution in [3.8, 4) is 10.8 Å². The number of ether oxygens (including phenoxy) is 1. The van der Waals surface area contributed by atoms with Crippen molar-refractivity contribution < 1.29 is 14.9 Å². The Kier molecular flexibility index (Phi) is 3.86. The molecule has 2 unspecified atom stereocenters. The number of thiocyanates is 2. The van der Waals surface area contributed by atoms with E-state index in [2.05, 4.69) is 28.8 Å². The third kappa shape index (κ3) is 2.05. The van der Waals surface area contributed by atoms with Crippen LogP contribution in [0.4, 0.5) is 0 Å². The van der Waals surface area contributed by atoms with Crippen molar-refractivity contribution in [2.75, 3.05) is 13.6 Å². The first kappa shape index (κ1) is 17.5. The molecule has 0 aromatic rings. The largest absolute Gasteiger partial charge is 0.507 e. The molecule has 6 nitrogen and oxygen atoms in total. The molecule has 5 aliphatic rings. The summed E-state index contributed by atoms with van der Waals surface area (Å²) in [4.78, 5) is 2.36. The normalized spacial score (nSPS) is 44.4. The molecule has 5 rings (SSSR count). The van der Waals surface area contributed by atoms with Crippen LogP contribution >= 0.6 is 23.5 Å². The first-order valence-electron chi connectivity index (χ1n) is 9.04. The Morgan fingerprint density at radius 2 is 2.00 bits per heavy atom. The average Bonchev–Trinajstić information content (AvgIpc) is 3.00. The van der Waals surface area contributed by atoms with Gasteiger partial charge in [0.1, 0.15) is 28.8 Å². The van der Waals surface area contributed by atoms with Gasteiger partial charge in [-0.15, -0.1) is 0 Å². The molecule has 27 heavy (non-hydrogen) atoms. The number of nitrogens with zero attached hydrogens (tertiary/aromatic N) is 3. The number of thioether (sulfide) groups is 2. The smallest absolute Gasteiger partial charge is 0.162 e. The molecular weight excluding hydrogens is 382 g/mol. The minimum Gasteiger partial charge on any atom is -0.507 e. The topological polar surface area (TPSA) is 101 Å². The molecule has 1 spiro atoms. The third-order valence-corrected chi connectivity index (χ3v) is 8.90. The molecule has 0 amide bonds. The minimum absolute atomic E-state index is 0.0418. The van der Waals surface area contributed by atoms with Gasteiger partial charge in [0.2, 0.25) is 0 Å². The van der Waals surface area contributed by atoms with Crippen LogP contribution < -0.4 is 0 Å². The summed E-state index contributed by atoms with van der Waals surface area (Å²) in [5.74, 6) is 0.704. The summed E-state index contributed by atoms with van der Waals surface area (Å²) in [5.41, 5.74) is 1.75. The maximum Gasteiger partial charge on any atom is 0.162 e. The lowest BCUT2D eigenvalue weighted by Gasteiger charge is -2.57. The number of aliphatic hydroxyl groups excluding tert-OH is 2. The van der Waals surface area contributed by atoms with Crippen molar-refractivity contribution in [3.63, 3.8) is 0 Å². The standard InChI is InChI=1S/C19H19N3O3S2/c1-22-5-4-19-10-2-3-12(23)18(19)25-15-13(19)9(6-11(10)22)16(26-7-20)17(14(15)24)27-8-21/h2-3,10-12,16-18,23-24H,4-6H2,1H3/t10-,11+,12-,16?,17?,18-,19-/m0/s1. The molecule has 140 valence electrons.